The highest BCUT2D eigenvalue weighted by atomic mass is 16.6. The summed E-state index contributed by atoms with van der Waals surface area (Å²) in [6, 6.07) is 7.57. The molecule has 1 heterocycles. The molecule has 0 aliphatic heterocycles. The first kappa shape index (κ1) is 15.3. The number of hydrogen-bond acceptors (Lipinski definition) is 4. The van der Waals surface area contributed by atoms with Crippen LogP contribution in [-0.4, -0.2) is 26.5 Å². The van der Waals surface area contributed by atoms with Crippen molar-refractivity contribution in [3.05, 3.63) is 42.2 Å². The molecule has 0 amide bonds. The number of esters is 1. The van der Waals surface area contributed by atoms with E-state index in [4.69, 9.17) is 9.84 Å². The standard InChI is InChI=1S/C16H20N2O3/c1-16(2,3)21-15(20)10-18-9-14(8-17-18)13-6-4-5-12(7-13)11-19/h4-9,19H,10-11H2,1-3H3. The van der Waals surface area contributed by atoms with Gasteiger partial charge >= 0.3 is 5.97 Å². The third-order valence-corrected chi connectivity index (χ3v) is 2.79. The fraction of sp³-hybridized carbons (Fsp3) is 0.375. The van der Waals surface area contributed by atoms with Gasteiger partial charge in [0.25, 0.3) is 0 Å². The van der Waals surface area contributed by atoms with Crippen molar-refractivity contribution in [2.75, 3.05) is 0 Å². The Bertz CT molecular complexity index is 626. The minimum absolute atomic E-state index is 0.000113. The van der Waals surface area contributed by atoms with E-state index in [1.165, 1.54) is 0 Å². The van der Waals surface area contributed by atoms with Crippen molar-refractivity contribution in [2.45, 2.75) is 39.5 Å². The van der Waals surface area contributed by atoms with Gasteiger partial charge in [-0.05, 0) is 38.0 Å². The molecule has 5 heteroatoms. The molecule has 5 nitrogen and oxygen atoms in total. The van der Waals surface area contributed by atoms with Crippen LogP contribution >= 0.6 is 0 Å². The fourth-order valence-electron chi connectivity index (χ4n) is 1.95. The predicted octanol–water partition coefficient (Wildman–Crippen LogP) is 2.38. The maximum atomic E-state index is 11.8. The molecule has 2 aromatic rings. The molecule has 0 unspecified atom stereocenters. The number of rotatable bonds is 4. The van der Waals surface area contributed by atoms with E-state index in [9.17, 15) is 4.79 Å². The summed E-state index contributed by atoms with van der Waals surface area (Å²) in [4.78, 5) is 11.8. The molecule has 0 bridgehead atoms. The molecule has 0 aliphatic rings. The molecule has 0 atom stereocenters. The highest BCUT2D eigenvalue weighted by molar-refractivity contribution is 5.70. The summed E-state index contributed by atoms with van der Waals surface area (Å²) in [6.45, 7) is 5.58. The zero-order valence-corrected chi connectivity index (χ0v) is 12.5. The highest BCUT2D eigenvalue weighted by Crippen LogP contribution is 2.20. The number of benzene rings is 1. The second-order valence-corrected chi connectivity index (χ2v) is 5.87. The maximum Gasteiger partial charge on any atom is 0.328 e. The van der Waals surface area contributed by atoms with E-state index in [1.807, 2.05) is 45.0 Å². The average Bonchev–Trinajstić information content (AvgIpc) is 2.85. The number of aromatic nitrogens is 2. The number of aliphatic hydroxyl groups is 1. The van der Waals surface area contributed by atoms with E-state index in [0.29, 0.717) is 0 Å². The van der Waals surface area contributed by atoms with Crippen LogP contribution in [0.5, 0.6) is 0 Å². The van der Waals surface area contributed by atoms with Crippen molar-refractivity contribution in [1.82, 2.24) is 9.78 Å². The second kappa shape index (κ2) is 6.10. The first-order valence-electron chi connectivity index (χ1n) is 6.82. The molecule has 112 valence electrons. The summed E-state index contributed by atoms with van der Waals surface area (Å²) in [6.07, 6.45) is 3.49. The SMILES string of the molecule is CC(C)(C)OC(=O)Cn1cc(-c2cccc(CO)c2)cn1. The van der Waals surface area contributed by atoms with Gasteiger partial charge in [-0.15, -0.1) is 0 Å². The first-order chi connectivity index (χ1) is 9.87. The summed E-state index contributed by atoms with van der Waals surface area (Å²) in [5.74, 6) is -0.318. The zero-order chi connectivity index (χ0) is 15.5. The van der Waals surface area contributed by atoms with E-state index in [-0.39, 0.29) is 19.1 Å². The molecule has 1 aromatic heterocycles. The van der Waals surface area contributed by atoms with Crippen LogP contribution in [0, 0.1) is 0 Å². The van der Waals surface area contributed by atoms with Crippen molar-refractivity contribution >= 4 is 5.97 Å². The minimum Gasteiger partial charge on any atom is -0.459 e. The molecule has 2 rings (SSSR count). The van der Waals surface area contributed by atoms with Crippen molar-refractivity contribution in [2.24, 2.45) is 0 Å². The lowest BCUT2D eigenvalue weighted by Crippen LogP contribution is -2.26. The van der Waals surface area contributed by atoms with Gasteiger partial charge in [0, 0.05) is 11.8 Å². The molecular weight excluding hydrogens is 268 g/mol. The van der Waals surface area contributed by atoms with Gasteiger partial charge in [-0.2, -0.15) is 5.10 Å². The zero-order valence-electron chi connectivity index (χ0n) is 12.5. The summed E-state index contributed by atoms with van der Waals surface area (Å²) < 4.78 is 6.81. The molecular formula is C16H20N2O3. The second-order valence-electron chi connectivity index (χ2n) is 5.87. The van der Waals surface area contributed by atoms with E-state index < -0.39 is 5.60 Å². The maximum absolute atomic E-state index is 11.8. The number of aliphatic hydroxyl groups excluding tert-OH is 1. The normalized spacial score (nSPS) is 11.4. The number of nitrogens with zero attached hydrogens (tertiary/aromatic N) is 2. The van der Waals surface area contributed by atoms with Crippen LogP contribution in [0.4, 0.5) is 0 Å². The van der Waals surface area contributed by atoms with Crippen molar-refractivity contribution in [3.63, 3.8) is 0 Å². The van der Waals surface area contributed by atoms with Crippen molar-refractivity contribution in [1.29, 1.82) is 0 Å². The predicted molar refractivity (Wildman–Crippen MR) is 79.4 cm³/mol. The Hall–Kier alpha value is -2.14. The van der Waals surface area contributed by atoms with Crippen LogP contribution in [0.25, 0.3) is 11.1 Å². The summed E-state index contributed by atoms with van der Waals surface area (Å²) in [7, 11) is 0. The quantitative estimate of drug-likeness (QED) is 0.877. The molecule has 0 saturated heterocycles. The molecule has 21 heavy (non-hydrogen) atoms. The topological polar surface area (TPSA) is 64.3 Å². The fourth-order valence-corrected chi connectivity index (χ4v) is 1.95. The number of carbonyl (C=O) groups is 1. The lowest BCUT2D eigenvalue weighted by molar-refractivity contribution is -0.155. The molecule has 1 N–H and O–H groups in total. The van der Waals surface area contributed by atoms with Gasteiger partial charge in [-0.25, -0.2) is 0 Å². The summed E-state index contributed by atoms with van der Waals surface area (Å²) in [5, 5.41) is 13.3. The van der Waals surface area contributed by atoms with Crippen molar-refractivity contribution < 1.29 is 14.6 Å². The average molecular weight is 288 g/mol. The van der Waals surface area contributed by atoms with E-state index >= 15 is 0 Å². The first-order valence-corrected chi connectivity index (χ1v) is 6.82. The Kier molecular flexibility index (Phi) is 4.43. The number of hydrogen-bond donors (Lipinski definition) is 1. The van der Waals surface area contributed by atoms with Crippen LogP contribution in [0.1, 0.15) is 26.3 Å². The lowest BCUT2D eigenvalue weighted by atomic mass is 10.1. The third kappa shape index (κ3) is 4.43. The van der Waals surface area contributed by atoms with Gasteiger partial charge in [0.1, 0.15) is 12.1 Å². The Morgan fingerprint density at radius 1 is 1.33 bits per heavy atom. The molecule has 0 radical (unpaired) electrons. The summed E-state index contributed by atoms with van der Waals surface area (Å²) in [5.41, 5.74) is 2.20. The lowest BCUT2D eigenvalue weighted by Gasteiger charge is -2.19. The largest absolute Gasteiger partial charge is 0.459 e. The Labute approximate surface area is 124 Å². The third-order valence-electron chi connectivity index (χ3n) is 2.79. The van der Waals surface area contributed by atoms with Gasteiger partial charge < -0.3 is 9.84 Å². The highest BCUT2D eigenvalue weighted by Gasteiger charge is 2.16. The van der Waals surface area contributed by atoms with Crippen LogP contribution in [0.3, 0.4) is 0 Å². The van der Waals surface area contributed by atoms with Crippen LogP contribution < -0.4 is 0 Å². The van der Waals surface area contributed by atoms with Gasteiger partial charge in [0.05, 0.1) is 12.8 Å². The molecule has 0 spiro atoms. The van der Waals surface area contributed by atoms with Crippen LogP contribution in [0.2, 0.25) is 0 Å². The number of carbonyl (C=O) groups excluding carboxylic acids is 1. The number of ether oxygens (including phenoxy) is 1. The molecule has 1 aromatic carbocycles. The van der Waals surface area contributed by atoms with Gasteiger partial charge in [0.15, 0.2) is 0 Å². The van der Waals surface area contributed by atoms with Crippen molar-refractivity contribution in [3.8, 4) is 11.1 Å². The molecule has 0 fully saturated rings. The molecule has 0 saturated carbocycles. The van der Waals surface area contributed by atoms with Crippen LogP contribution in [0.15, 0.2) is 36.7 Å². The molecule has 0 aliphatic carbocycles. The van der Waals surface area contributed by atoms with E-state index in [2.05, 4.69) is 5.10 Å². The Balaban J connectivity index is 2.09. The van der Waals surface area contributed by atoms with Gasteiger partial charge in [-0.1, -0.05) is 18.2 Å². The smallest absolute Gasteiger partial charge is 0.328 e. The summed E-state index contributed by atoms with van der Waals surface area (Å²) >= 11 is 0. The van der Waals surface area contributed by atoms with E-state index in [1.54, 1.807) is 17.1 Å². The minimum atomic E-state index is -0.497. The van der Waals surface area contributed by atoms with Gasteiger partial charge in [0.2, 0.25) is 0 Å². The van der Waals surface area contributed by atoms with Gasteiger partial charge in [-0.3, -0.25) is 9.48 Å². The monoisotopic (exact) mass is 288 g/mol. The Morgan fingerprint density at radius 2 is 2.10 bits per heavy atom. The van der Waals surface area contributed by atoms with E-state index in [0.717, 1.165) is 16.7 Å². The van der Waals surface area contributed by atoms with Crippen LogP contribution in [-0.2, 0) is 22.7 Å². The Morgan fingerprint density at radius 3 is 2.76 bits per heavy atom.